The van der Waals surface area contributed by atoms with E-state index in [0.717, 1.165) is 23.7 Å². The lowest BCUT2D eigenvalue weighted by Gasteiger charge is -2.25. The average molecular weight is 418 g/mol. The van der Waals surface area contributed by atoms with Crippen LogP contribution in [0.4, 0.5) is 4.39 Å². The molecule has 3 aromatic carbocycles. The van der Waals surface area contributed by atoms with Crippen molar-refractivity contribution in [2.24, 2.45) is 0 Å². The Morgan fingerprint density at radius 2 is 1.57 bits per heavy atom. The maximum atomic E-state index is 13.6. The Balaban J connectivity index is 1.37. The van der Waals surface area contributed by atoms with E-state index < -0.39 is 0 Å². The van der Waals surface area contributed by atoms with Crippen LogP contribution in [0.15, 0.2) is 60.0 Å². The molecule has 0 N–H and O–H groups in total. The fourth-order valence-corrected chi connectivity index (χ4v) is 6.84. The van der Waals surface area contributed by atoms with Crippen molar-refractivity contribution in [3.63, 3.8) is 0 Å². The summed E-state index contributed by atoms with van der Waals surface area (Å²) >= 11 is 3.73. The molecule has 0 nitrogen and oxygen atoms in total. The first-order valence-electron chi connectivity index (χ1n) is 9.29. The predicted molar refractivity (Wildman–Crippen MR) is 125 cm³/mol. The number of fused-ring (bicyclic) bond motifs is 8. The molecule has 2 aromatic heterocycles. The Labute approximate surface area is 172 Å². The molecule has 0 saturated heterocycles. The summed E-state index contributed by atoms with van der Waals surface area (Å²) < 4.78 is 16.4. The molecule has 4 heteroatoms. The highest BCUT2D eigenvalue weighted by Crippen LogP contribution is 2.55. The van der Waals surface area contributed by atoms with Gasteiger partial charge in [-0.15, -0.1) is 31.9 Å². The third-order valence-electron chi connectivity index (χ3n) is 5.54. The number of rotatable bonds is 3. The van der Waals surface area contributed by atoms with Gasteiger partial charge >= 0.3 is 0 Å². The van der Waals surface area contributed by atoms with Crippen molar-refractivity contribution in [3.8, 4) is 22.3 Å². The summed E-state index contributed by atoms with van der Waals surface area (Å²) in [6.07, 6.45) is 1.80. The maximum absolute atomic E-state index is 13.6. The van der Waals surface area contributed by atoms with Crippen molar-refractivity contribution in [1.82, 2.24) is 0 Å². The molecule has 1 unspecified atom stereocenters. The number of thiophene rings is 2. The standard InChI is InChI=1S/C24H16FPS2/c25-16-9-13(10-17(26)12-16)1-4-18-11-15-3-6-20-21-19(22(20)24(15)28-18)5-2-14-7-8-27-23(14)21/h2-3,5-12H,1,4,26H2. The molecule has 1 atom stereocenters. The number of aryl methyl sites for hydroxylation is 2. The van der Waals surface area contributed by atoms with E-state index in [1.807, 2.05) is 22.7 Å². The lowest BCUT2D eigenvalue weighted by Crippen LogP contribution is -1.98. The van der Waals surface area contributed by atoms with E-state index in [1.165, 1.54) is 47.3 Å². The van der Waals surface area contributed by atoms with Crippen molar-refractivity contribution < 1.29 is 4.39 Å². The Morgan fingerprint density at radius 1 is 0.786 bits per heavy atom. The lowest BCUT2D eigenvalue weighted by atomic mass is 9.79. The van der Waals surface area contributed by atoms with Crippen LogP contribution in [-0.2, 0) is 12.8 Å². The Hall–Kier alpha value is -2.06. The van der Waals surface area contributed by atoms with Crippen molar-refractivity contribution in [2.45, 2.75) is 12.8 Å². The minimum Gasteiger partial charge on any atom is -0.207 e. The van der Waals surface area contributed by atoms with Gasteiger partial charge in [-0.3, -0.25) is 0 Å². The molecule has 6 rings (SSSR count). The van der Waals surface area contributed by atoms with E-state index >= 15 is 0 Å². The molecule has 2 heterocycles. The van der Waals surface area contributed by atoms with Crippen LogP contribution in [0.1, 0.15) is 10.4 Å². The third-order valence-corrected chi connectivity index (χ3v) is 8.05. The summed E-state index contributed by atoms with van der Waals surface area (Å²) in [5, 5.41) is 5.74. The van der Waals surface area contributed by atoms with Crippen LogP contribution < -0.4 is 5.30 Å². The molecular weight excluding hydrogens is 402 g/mol. The van der Waals surface area contributed by atoms with Gasteiger partial charge in [0.1, 0.15) is 5.82 Å². The van der Waals surface area contributed by atoms with Gasteiger partial charge in [-0.25, -0.2) is 4.39 Å². The molecule has 0 fully saturated rings. The van der Waals surface area contributed by atoms with Crippen LogP contribution in [0.2, 0.25) is 0 Å². The number of hydrogen-bond acceptors (Lipinski definition) is 2. The van der Waals surface area contributed by atoms with E-state index in [0.29, 0.717) is 0 Å². The summed E-state index contributed by atoms with van der Waals surface area (Å²) in [5.41, 5.74) is 6.67. The molecule has 136 valence electrons. The lowest BCUT2D eigenvalue weighted by molar-refractivity contribution is 0.626. The van der Waals surface area contributed by atoms with Gasteiger partial charge in [0.05, 0.1) is 0 Å². The summed E-state index contributed by atoms with van der Waals surface area (Å²) in [7, 11) is 2.59. The van der Waals surface area contributed by atoms with Gasteiger partial charge in [-0.05, 0) is 75.3 Å². The van der Waals surface area contributed by atoms with Crippen LogP contribution in [0.5, 0.6) is 0 Å². The second-order valence-corrected chi connectivity index (χ2v) is 10.1. The summed E-state index contributed by atoms with van der Waals surface area (Å²) in [5.74, 6) is -0.156. The first-order valence-corrected chi connectivity index (χ1v) is 11.6. The van der Waals surface area contributed by atoms with Gasteiger partial charge in [0, 0.05) is 25.4 Å². The Kier molecular flexibility index (Phi) is 3.74. The van der Waals surface area contributed by atoms with Gasteiger partial charge in [0.2, 0.25) is 0 Å². The van der Waals surface area contributed by atoms with Crippen molar-refractivity contribution in [2.75, 3.05) is 0 Å². The van der Waals surface area contributed by atoms with Crippen LogP contribution in [0.3, 0.4) is 0 Å². The summed E-state index contributed by atoms with van der Waals surface area (Å²) in [6.45, 7) is 0. The largest absolute Gasteiger partial charge is 0.207 e. The monoisotopic (exact) mass is 418 g/mol. The topological polar surface area (TPSA) is 0 Å². The SMILES string of the molecule is Fc1cc(P)cc(CCc2cc3ccc4c(c3s2)-c2ccc3ccsc3c2-4)c1. The van der Waals surface area contributed by atoms with Gasteiger partial charge in [-0.1, -0.05) is 30.3 Å². The second kappa shape index (κ2) is 6.22. The molecule has 0 radical (unpaired) electrons. The molecule has 0 aliphatic heterocycles. The Morgan fingerprint density at radius 3 is 2.39 bits per heavy atom. The smallest absolute Gasteiger partial charge is 0.124 e. The van der Waals surface area contributed by atoms with E-state index in [4.69, 9.17) is 0 Å². The van der Waals surface area contributed by atoms with E-state index in [9.17, 15) is 4.39 Å². The number of halogens is 1. The summed E-state index contributed by atoms with van der Waals surface area (Å²) in [4.78, 5) is 1.36. The van der Waals surface area contributed by atoms with Gasteiger partial charge in [-0.2, -0.15) is 0 Å². The van der Waals surface area contributed by atoms with Crippen molar-refractivity contribution >= 4 is 57.4 Å². The molecule has 1 aliphatic rings. The zero-order valence-corrected chi connectivity index (χ0v) is 17.7. The van der Waals surface area contributed by atoms with Crippen LogP contribution in [0.25, 0.3) is 42.4 Å². The van der Waals surface area contributed by atoms with Crippen LogP contribution in [0, 0.1) is 5.82 Å². The van der Waals surface area contributed by atoms with E-state index in [1.54, 1.807) is 12.1 Å². The van der Waals surface area contributed by atoms with Gasteiger partial charge < -0.3 is 0 Å². The highest BCUT2D eigenvalue weighted by atomic mass is 32.1. The first kappa shape index (κ1) is 16.9. The fourth-order valence-electron chi connectivity index (χ4n) is 4.29. The van der Waals surface area contributed by atoms with Crippen LogP contribution >= 0.6 is 31.9 Å². The highest BCUT2D eigenvalue weighted by Gasteiger charge is 2.28. The third kappa shape index (κ3) is 2.50. The molecule has 5 aromatic rings. The zero-order chi connectivity index (χ0) is 18.8. The zero-order valence-electron chi connectivity index (χ0n) is 15.0. The van der Waals surface area contributed by atoms with E-state index in [2.05, 4.69) is 57.1 Å². The average Bonchev–Trinajstić information content (AvgIpc) is 3.27. The predicted octanol–water partition coefficient (Wildman–Crippen LogP) is 7.19. The molecule has 0 bridgehead atoms. The first-order chi connectivity index (χ1) is 13.7. The number of hydrogen-bond donors (Lipinski definition) is 0. The molecule has 0 spiro atoms. The minimum atomic E-state index is -0.156. The maximum Gasteiger partial charge on any atom is 0.124 e. The van der Waals surface area contributed by atoms with Crippen molar-refractivity contribution in [3.05, 3.63) is 76.2 Å². The molecule has 0 saturated carbocycles. The Bertz CT molecular complexity index is 1370. The molecular formula is C24H16FPS2. The fraction of sp³-hybridized carbons (Fsp3) is 0.0833. The molecule has 1 aliphatic carbocycles. The quantitative estimate of drug-likeness (QED) is 0.267. The normalized spacial score (nSPS) is 12.2. The highest BCUT2D eigenvalue weighted by molar-refractivity contribution is 7.27. The molecule has 28 heavy (non-hydrogen) atoms. The van der Waals surface area contributed by atoms with Gasteiger partial charge in [0.15, 0.2) is 0 Å². The molecule has 0 amide bonds. The second-order valence-electron chi connectivity index (χ2n) is 7.34. The van der Waals surface area contributed by atoms with Crippen LogP contribution in [-0.4, -0.2) is 0 Å². The number of benzene rings is 3. The van der Waals surface area contributed by atoms with Crippen molar-refractivity contribution in [1.29, 1.82) is 0 Å². The van der Waals surface area contributed by atoms with Gasteiger partial charge in [0.25, 0.3) is 0 Å². The summed E-state index contributed by atoms with van der Waals surface area (Å²) in [6, 6.07) is 18.8. The minimum absolute atomic E-state index is 0.156. The van der Waals surface area contributed by atoms with E-state index in [-0.39, 0.29) is 5.82 Å².